The van der Waals surface area contributed by atoms with E-state index in [0.29, 0.717) is 0 Å². The van der Waals surface area contributed by atoms with Crippen LogP contribution >= 0.6 is 15.9 Å². The lowest BCUT2D eigenvalue weighted by Crippen LogP contribution is -2.51. The van der Waals surface area contributed by atoms with Crippen LogP contribution in [0.1, 0.15) is 26.7 Å². The normalized spacial score (nSPS) is 20.8. The Kier molecular flexibility index (Phi) is 4.10. The van der Waals surface area contributed by atoms with Crippen LogP contribution in [0.25, 0.3) is 0 Å². The Morgan fingerprint density at radius 2 is 1.88 bits per heavy atom. The monoisotopic (exact) mass is 296 g/mol. The number of nitrogens with zero attached hydrogens (tertiary/aromatic N) is 1. The van der Waals surface area contributed by atoms with Gasteiger partial charge >= 0.3 is 0 Å². The fourth-order valence-corrected chi connectivity index (χ4v) is 2.60. The van der Waals surface area contributed by atoms with Gasteiger partial charge in [0, 0.05) is 28.8 Å². The zero-order valence-corrected chi connectivity index (χ0v) is 12.3. The van der Waals surface area contributed by atoms with Crippen LogP contribution < -0.4 is 10.2 Å². The molecule has 94 valence electrons. The average molecular weight is 297 g/mol. The minimum Gasteiger partial charge on any atom is -0.370 e. The van der Waals surface area contributed by atoms with Gasteiger partial charge in [0.15, 0.2) is 0 Å². The van der Waals surface area contributed by atoms with Crippen molar-refractivity contribution >= 4 is 21.6 Å². The van der Waals surface area contributed by atoms with Gasteiger partial charge in [-0.1, -0.05) is 15.9 Å². The van der Waals surface area contributed by atoms with Crippen LogP contribution in [-0.2, 0) is 0 Å². The maximum atomic E-state index is 3.62. The predicted octanol–water partition coefficient (Wildman–Crippen LogP) is 3.42. The Bertz CT molecular complexity index is 359. The Morgan fingerprint density at radius 3 is 2.59 bits per heavy atom. The van der Waals surface area contributed by atoms with Gasteiger partial charge in [-0.25, -0.2) is 0 Å². The molecule has 1 N–H and O–H groups in total. The van der Waals surface area contributed by atoms with Crippen molar-refractivity contribution in [2.24, 2.45) is 0 Å². The first-order valence-corrected chi connectivity index (χ1v) is 7.12. The van der Waals surface area contributed by atoms with Gasteiger partial charge in [-0.05, 0) is 57.5 Å². The highest BCUT2D eigenvalue weighted by molar-refractivity contribution is 9.10. The van der Waals surface area contributed by atoms with Crippen molar-refractivity contribution in [1.82, 2.24) is 5.32 Å². The van der Waals surface area contributed by atoms with Gasteiger partial charge in [-0.3, -0.25) is 0 Å². The summed E-state index contributed by atoms with van der Waals surface area (Å²) in [5.41, 5.74) is 1.51. The molecule has 1 aromatic carbocycles. The SMILES string of the molecule is CC1(C)CN(c2ccc(Br)cc2)CCCCN1. The lowest BCUT2D eigenvalue weighted by Gasteiger charge is -2.37. The standard InChI is InChI=1S/C14H21BrN2/c1-14(2)11-17(10-4-3-9-16-14)13-7-5-12(15)6-8-13/h5-8,16H,3-4,9-11H2,1-2H3. The molecule has 0 aromatic heterocycles. The number of hydrogen-bond acceptors (Lipinski definition) is 2. The highest BCUT2D eigenvalue weighted by atomic mass is 79.9. The predicted molar refractivity (Wildman–Crippen MR) is 77.7 cm³/mol. The smallest absolute Gasteiger partial charge is 0.0367 e. The van der Waals surface area contributed by atoms with Gasteiger partial charge < -0.3 is 10.2 Å². The van der Waals surface area contributed by atoms with Gasteiger partial charge in [0.25, 0.3) is 0 Å². The zero-order valence-electron chi connectivity index (χ0n) is 10.7. The molecule has 1 aliphatic rings. The topological polar surface area (TPSA) is 15.3 Å². The fraction of sp³-hybridized carbons (Fsp3) is 0.571. The third kappa shape index (κ3) is 3.71. The van der Waals surface area contributed by atoms with Crippen molar-refractivity contribution in [3.8, 4) is 0 Å². The summed E-state index contributed by atoms with van der Waals surface area (Å²) in [4.78, 5) is 2.48. The molecule has 2 rings (SSSR count). The maximum absolute atomic E-state index is 3.62. The molecule has 1 aromatic rings. The first kappa shape index (κ1) is 12.9. The molecule has 1 heterocycles. The molecule has 0 unspecified atom stereocenters. The van der Waals surface area contributed by atoms with Crippen LogP contribution in [0, 0.1) is 0 Å². The molecule has 0 aliphatic carbocycles. The first-order valence-electron chi connectivity index (χ1n) is 6.32. The number of hydrogen-bond donors (Lipinski definition) is 1. The Hall–Kier alpha value is -0.540. The number of halogens is 1. The summed E-state index contributed by atoms with van der Waals surface area (Å²) in [7, 11) is 0. The van der Waals surface area contributed by atoms with Crippen molar-refractivity contribution in [3.05, 3.63) is 28.7 Å². The summed E-state index contributed by atoms with van der Waals surface area (Å²) >= 11 is 3.49. The molecule has 17 heavy (non-hydrogen) atoms. The number of rotatable bonds is 1. The second kappa shape index (κ2) is 5.40. The molecule has 0 bridgehead atoms. The van der Waals surface area contributed by atoms with E-state index < -0.39 is 0 Å². The van der Waals surface area contributed by atoms with Crippen molar-refractivity contribution < 1.29 is 0 Å². The minimum atomic E-state index is 0.188. The molecule has 3 heteroatoms. The quantitative estimate of drug-likeness (QED) is 0.854. The van der Waals surface area contributed by atoms with E-state index in [1.165, 1.54) is 18.5 Å². The molecule has 0 saturated carbocycles. The Labute approximate surface area is 113 Å². The summed E-state index contributed by atoms with van der Waals surface area (Å²) in [6.07, 6.45) is 2.52. The van der Waals surface area contributed by atoms with Crippen molar-refractivity contribution in [2.75, 3.05) is 24.5 Å². The third-order valence-electron chi connectivity index (χ3n) is 3.24. The highest BCUT2D eigenvalue weighted by Gasteiger charge is 2.22. The van der Waals surface area contributed by atoms with Gasteiger partial charge in [0.2, 0.25) is 0 Å². The minimum absolute atomic E-state index is 0.188. The lowest BCUT2D eigenvalue weighted by molar-refractivity contribution is 0.364. The molecule has 0 radical (unpaired) electrons. The molecular weight excluding hydrogens is 276 g/mol. The summed E-state index contributed by atoms with van der Waals surface area (Å²) in [6.45, 7) is 7.93. The van der Waals surface area contributed by atoms with Gasteiger partial charge in [-0.2, -0.15) is 0 Å². The highest BCUT2D eigenvalue weighted by Crippen LogP contribution is 2.22. The van der Waals surface area contributed by atoms with Crippen molar-refractivity contribution in [3.63, 3.8) is 0 Å². The van der Waals surface area contributed by atoms with E-state index >= 15 is 0 Å². The number of anilines is 1. The van der Waals surface area contributed by atoms with Crippen LogP contribution in [0.3, 0.4) is 0 Å². The number of benzene rings is 1. The van der Waals surface area contributed by atoms with Crippen molar-refractivity contribution in [1.29, 1.82) is 0 Å². The van der Waals surface area contributed by atoms with Crippen LogP contribution in [0.5, 0.6) is 0 Å². The molecule has 1 fully saturated rings. The van der Waals surface area contributed by atoms with Crippen LogP contribution in [0.15, 0.2) is 28.7 Å². The Morgan fingerprint density at radius 1 is 1.18 bits per heavy atom. The van der Waals surface area contributed by atoms with Crippen LogP contribution in [0.4, 0.5) is 5.69 Å². The average Bonchev–Trinajstić information content (AvgIpc) is 2.25. The summed E-state index contributed by atoms with van der Waals surface area (Å²) in [5, 5.41) is 3.62. The maximum Gasteiger partial charge on any atom is 0.0367 e. The lowest BCUT2D eigenvalue weighted by atomic mass is 10.0. The van der Waals surface area contributed by atoms with Gasteiger partial charge in [0.05, 0.1) is 0 Å². The number of nitrogens with one attached hydrogen (secondary N) is 1. The van der Waals surface area contributed by atoms with E-state index in [9.17, 15) is 0 Å². The van der Waals surface area contributed by atoms with E-state index in [1.54, 1.807) is 0 Å². The van der Waals surface area contributed by atoms with E-state index in [0.717, 1.165) is 24.1 Å². The summed E-state index contributed by atoms with van der Waals surface area (Å²) in [5.74, 6) is 0. The molecule has 0 spiro atoms. The summed E-state index contributed by atoms with van der Waals surface area (Å²) < 4.78 is 1.14. The molecule has 1 saturated heterocycles. The molecule has 2 nitrogen and oxygen atoms in total. The van der Waals surface area contributed by atoms with Crippen molar-refractivity contribution in [2.45, 2.75) is 32.2 Å². The third-order valence-corrected chi connectivity index (χ3v) is 3.76. The molecular formula is C14H21BrN2. The van der Waals surface area contributed by atoms with Crippen LogP contribution in [-0.4, -0.2) is 25.2 Å². The van der Waals surface area contributed by atoms with E-state index in [2.05, 4.69) is 64.3 Å². The van der Waals surface area contributed by atoms with Gasteiger partial charge in [0.1, 0.15) is 0 Å². The Balaban J connectivity index is 2.14. The van der Waals surface area contributed by atoms with Crippen LogP contribution in [0.2, 0.25) is 0 Å². The summed E-state index contributed by atoms with van der Waals surface area (Å²) in [6, 6.07) is 8.63. The first-order chi connectivity index (χ1) is 8.07. The van der Waals surface area contributed by atoms with E-state index in [1.807, 2.05) is 0 Å². The largest absolute Gasteiger partial charge is 0.370 e. The molecule has 1 aliphatic heterocycles. The molecule has 0 amide bonds. The zero-order chi connectivity index (χ0) is 12.3. The molecule has 0 atom stereocenters. The second-order valence-corrected chi connectivity index (χ2v) is 6.33. The second-order valence-electron chi connectivity index (χ2n) is 5.42. The van der Waals surface area contributed by atoms with E-state index in [4.69, 9.17) is 0 Å². The fourth-order valence-electron chi connectivity index (χ4n) is 2.34. The van der Waals surface area contributed by atoms with E-state index in [-0.39, 0.29) is 5.54 Å². The van der Waals surface area contributed by atoms with Gasteiger partial charge in [-0.15, -0.1) is 0 Å².